The number of rotatable bonds is 3. The number of nitrogens with one attached hydrogen (secondary N) is 1. The molecule has 0 amide bonds. The highest BCUT2D eigenvalue weighted by Crippen LogP contribution is 2.17. The van der Waals surface area contributed by atoms with Crippen LogP contribution < -0.4 is 0 Å². The van der Waals surface area contributed by atoms with E-state index in [1.807, 2.05) is 0 Å². The topological polar surface area (TPSA) is 76.5 Å². The standard InChI is InChI=1S/C13H23NO4/c1-8(14)9(10(15)17-12(2,3)4)11(16)18-13(5,6)7/h9,14H,1-7H3. The molecule has 0 aromatic heterocycles. The van der Waals surface area contributed by atoms with Crippen molar-refractivity contribution in [2.75, 3.05) is 0 Å². The van der Waals surface area contributed by atoms with E-state index in [0.717, 1.165) is 0 Å². The molecule has 0 aliphatic carbocycles. The lowest BCUT2D eigenvalue weighted by Crippen LogP contribution is -2.40. The summed E-state index contributed by atoms with van der Waals surface area (Å²) in [6.07, 6.45) is 0. The van der Waals surface area contributed by atoms with Crippen LogP contribution in [0.1, 0.15) is 48.5 Å². The zero-order chi connectivity index (χ0) is 14.7. The van der Waals surface area contributed by atoms with Gasteiger partial charge in [0, 0.05) is 5.71 Å². The molecule has 0 rings (SSSR count). The number of carbonyl (C=O) groups excluding carboxylic acids is 2. The van der Waals surface area contributed by atoms with Gasteiger partial charge in [-0.3, -0.25) is 9.59 Å². The Morgan fingerprint density at radius 3 is 1.33 bits per heavy atom. The van der Waals surface area contributed by atoms with E-state index in [-0.39, 0.29) is 5.71 Å². The largest absolute Gasteiger partial charge is 0.459 e. The summed E-state index contributed by atoms with van der Waals surface area (Å²) in [6, 6.07) is 0. The lowest BCUT2D eigenvalue weighted by Gasteiger charge is -2.25. The second kappa shape index (κ2) is 5.50. The molecule has 0 unspecified atom stereocenters. The van der Waals surface area contributed by atoms with Gasteiger partial charge in [-0.25, -0.2) is 0 Å². The zero-order valence-electron chi connectivity index (χ0n) is 12.2. The molecule has 5 heteroatoms. The van der Waals surface area contributed by atoms with Gasteiger partial charge >= 0.3 is 11.9 Å². The number of esters is 2. The smallest absolute Gasteiger partial charge is 0.326 e. The minimum Gasteiger partial charge on any atom is -0.459 e. The number of carbonyl (C=O) groups is 2. The van der Waals surface area contributed by atoms with Crippen LogP contribution in [0, 0.1) is 11.3 Å². The normalized spacial score (nSPS) is 12.2. The Bertz CT molecular complexity index is 319. The molecule has 1 N–H and O–H groups in total. The van der Waals surface area contributed by atoms with E-state index in [1.54, 1.807) is 41.5 Å². The average Bonchev–Trinajstić information content (AvgIpc) is 1.93. The van der Waals surface area contributed by atoms with Crippen LogP contribution in [-0.4, -0.2) is 28.9 Å². The molecule has 0 aliphatic rings. The third-order valence-corrected chi connectivity index (χ3v) is 1.72. The molecule has 5 nitrogen and oxygen atoms in total. The summed E-state index contributed by atoms with van der Waals surface area (Å²) in [5.74, 6) is -2.78. The van der Waals surface area contributed by atoms with Crippen LogP contribution in [0.4, 0.5) is 0 Å². The van der Waals surface area contributed by atoms with Gasteiger partial charge in [-0.2, -0.15) is 0 Å². The van der Waals surface area contributed by atoms with Gasteiger partial charge in [-0.05, 0) is 48.5 Å². The third kappa shape index (κ3) is 6.37. The predicted molar refractivity (Wildman–Crippen MR) is 68.6 cm³/mol. The van der Waals surface area contributed by atoms with Crippen LogP contribution in [0.25, 0.3) is 0 Å². The molecular formula is C13H23NO4. The first kappa shape index (κ1) is 16.6. The predicted octanol–water partition coefficient (Wildman–Crippen LogP) is 2.33. The lowest BCUT2D eigenvalue weighted by atomic mass is 10.0. The van der Waals surface area contributed by atoms with Crippen molar-refractivity contribution in [3.05, 3.63) is 0 Å². The highest BCUT2D eigenvalue weighted by Gasteiger charge is 2.36. The molecule has 0 heterocycles. The Kier molecular flexibility index (Phi) is 5.08. The van der Waals surface area contributed by atoms with E-state index in [0.29, 0.717) is 0 Å². The Morgan fingerprint density at radius 1 is 0.889 bits per heavy atom. The first-order valence-corrected chi connectivity index (χ1v) is 5.84. The van der Waals surface area contributed by atoms with E-state index < -0.39 is 29.1 Å². The van der Waals surface area contributed by atoms with E-state index >= 15 is 0 Å². The molecule has 0 aromatic carbocycles. The van der Waals surface area contributed by atoms with Crippen molar-refractivity contribution in [3.63, 3.8) is 0 Å². The maximum atomic E-state index is 11.9. The quantitative estimate of drug-likeness (QED) is 0.478. The van der Waals surface area contributed by atoms with E-state index in [2.05, 4.69) is 0 Å². The molecule has 0 atom stereocenters. The van der Waals surface area contributed by atoms with Crippen LogP contribution in [0.3, 0.4) is 0 Å². The van der Waals surface area contributed by atoms with Crippen LogP contribution in [0.5, 0.6) is 0 Å². The zero-order valence-corrected chi connectivity index (χ0v) is 12.2. The molecule has 0 bridgehead atoms. The molecule has 0 fully saturated rings. The van der Waals surface area contributed by atoms with Crippen molar-refractivity contribution >= 4 is 17.7 Å². The summed E-state index contributed by atoms with van der Waals surface area (Å²) >= 11 is 0. The molecule has 0 spiro atoms. The van der Waals surface area contributed by atoms with E-state index in [9.17, 15) is 9.59 Å². The summed E-state index contributed by atoms with van der Waals surface area (Å²) in [4.78, 5) is 23.7. The summed E-state index contributed by atoms with van der Waals surface area (Å²) in [6.45, 7) is 11.6. The number of ether oxygens (including phenoxy) is 2. The van der Waals surface area contributed by atoms with E-state index in [1.165, 1.54) is 6.92 Å². The molecule has 0 saturated carbocycles. The molecular weight excluding hydrogens is 234 g/mol. The number of hydrogen-bond acceptors (Lipinski definition) is 5. The Labute approximate surface area is 108 Å². The molecule has 104 valence electrons. The van der Waals surface area contributed by atoms with Gasteiger partial charge in [0.2, 0.25) is 0 Å². The maximum Gasteiger partial charge on any atom is 0.326 e. The highest BCUT2D eigenvalue weighted by molar-refractivity contribution is 6.15. The van der Waals surface area contributed by atoms with Crippen LogP contribution in [-0.2, 0) is 19.1 Å². The second-order valence-electron chi connectivity index (χ2n) is 6.18. The third-order valence-electron chi connectivity index (χ3n) is 1.72. The lowest BCUT2D eigenvalue weighted by molar-refractivity contribution is -0.170. The monoisotopic (exact) mass is 257 g/mol. The van der Waals surface area contributed by atoms with Crippen LogP contribution >= 0.6 is 0 Å². The fourth-order valence-electron chi connectivity index (χ4n) is 1.17. The first-order chi connectivity index (χ1) is 7.83. The van der Waals surface area contributed by atoms with Gasteiger partial charge in [0.15, 0.2) is 5.92 Å². The van der Waals surface area contributed by atoms with Crippen LogP contribution in [0.15, 0.2) is 0 Å². The maximum absolute atomic E-state index is 11.9. The Balaban J connectivity index is 4.93. The van der Waals surface area contributed by atoms with Crippen LogP contribution in [0.2, 0.25) is 0 Å². The summed E-state index contributed by atoms with van der Waals surface area (Å²) < 4.78 is 10.2. The Morgan fingerprint density at radius 2 is 1.17 bits per heavy atom. The van der Waals surface area contributed by atoms with Gasteiger partial charge in [-0.15, -0.1) is 0 Å². The highest BCUT2D eigenvalue weighted by atomic mass is 16.6. The average molecular weight is 257 g/mol. The second-order valence-corrected chi connectivity index (χ2v) is 6.18. The van der Waals surface area contributed by atoms with Gasteiger partial charge in [0.05, 0.1) is 0 Å². The molecule has 0 aliphatic heterocycles. The SMILES string of the molecule is CC(=N)C(C(=O)OC(C)(C)C)C(=O)OC(C)(C)C. The summed E-state index contributed by atoms with van der Waals surface area (Å²) in [7, 11) is 0. The fraction of sp³-hybridized carbons (Fsp3) is 0.769. The van der Waals surface area contributed by atoms with E-state index in [4.69, 9.17) is 14.9 Å². The molecule has 0 aromatic rings. The number of hydrogen-bond donors (Lipinski definition) is 1. The van der Waals surface area contributed by atoms with Crippen molar-refractivity contribution in [2.45, 2.75) is 59.7 Å². The molecule has 0 saturated heterocycles. The summed E-state index contributed by atoms with van der Waals surface area (Å²) in [5.41, 5.74) is -1.49. The van der Waals surface area contributed by atoms with Crippen molar-refractivity contribution in [1.29, 1.82) is 5.41 Å². The first-order valence-electron chi connectivity index (χ1n) is 5.84. The van der Waals surface area contributed by atoms with Gasteiger partial charge in [-0.1, -0.05) is 0 Å². The van der Waals surface area contributed by atoms with Crippen molar-refractivity contribution in [1.82, 2.24) is 0 Å². The van der Waals surface area contributed by atoms with Gasteiger partial charge in [0.1, 0.15) is 11.2 Å². The van der Waals surface area contributed by atoms with Crippen molar-refractivity contribution < 1.29 is 19.1 Å². The van der Waals surface area contributed by atoms with Gasteiger partial charge < -0.3 is 14.9 Å². The molecule has 0 radical (unpaired) electrons. The minimum atomic E-state index is -1.29. The summed E-state index contributed by atoms with van der Waals surface area (Å²) in [5, 5.41) is 7.53. The van der Waals surface area contributed by atoms with Gasteiger partial charge in [0.25, 0.3) is 0 Å². The fourth-order valence-corrected chi connectivity index (χ4v) is 1.17. The minimum absolute atomic E-state index is 0.0847. The Hall–Kier alpha value is -1.39. The van der Waals surface area contributed by atoms with Crippen molar-refractivity contribution in [3.8, 4) is 0 Å². The molecule has 18 heavy (non-hydrogen) atoms. The van der Waals surface area contributed by atoms with Crippen molar-refractivity contribution in [2.24, 2.45) is 5.92 Å².